The molecule has 2 rings (SSSR count). The molecule has 28 heavy (non-hydrogen) atoms. The summed E-state index contributed by atoms with van der Waals surface area (Å²) in [5, 5.41) is 2.55. The number of methoxy groups -OCH3 is 1. The third-order valence-electron chi connectivity index (χ3n) is 3.71. The molecule has 3 N–H and O–H groups in total. The molecule has 0 aliphatic carbocycles. The van der Waals surface area contributed by atoms with Crippen LogP contribution in [0.4, 0.5) is 5.69 Å². The number of carbonyl (C=O) groups excluding carboxylic acids is 2. The first kappa shape index (κ1) is 21.2. The van der Waals surface area contributed by atoms with Crippen LogP contribution in [0.15, 0.2) is 47.4 Å². The van der Waals surface area contributed by atoms with Gasteiger partial charge in [0.05, 0.1) is 17.6 Å². The molecule has 0 spiro atoms. The van der Waals surface area contributed by atoms with Crippen molar-refractivity contribution < 1.29 is 27.5 Å². The predicted octanol–water partition coefficient (Wildman–Crippen LogP) is 1.06. The van der Waals surface area contributed by atoms with E-state index in [9.17, 15) is 18.0 Å². The van der Waals surface area contributed by atoms with Crippen LogP contribution in [0.3, 0.4) is 0 Å². The van der Waals surface area contributed by atoms with Gasteiger partial charge in [-0.25, -0.2) is 12.7 Å². The molecule has 0 aliphatic heterocycles. The second-order valence-corrected chi connectivity index (χ2v) is 8.03. The number of benzene rings is 2. The van der Waals surface area contributed by atoms with Crippen LogP contribution in [-0.2, 0) is 14.8 Å². The van der Waals surface area contributed by atoms with Gasteiger partial charge >= 0.3 is 0 Å². The molecule has 2 aromatic carbocycles. The van der Waals surface area contributed by atoms with E-state index in [1.807, 2.05) is 0 Å². The summed E-state index contributed by atoms with van der Waals surface area (Å²) in [6, 6.07) is 10.3. The first-order valence-electron chi connectivity index (χ1n) is 8.08. The van der Waals surface area contributed by atoms with Gasteiger partial charge in [-0.1, -0.05) is 6.07 Å². The maximum absolute atomic E-state index is 12.2. The van der Waals surface area contributed by atoms with Crippen LogP contribution in [-0.4, -0.2) is 52.3 Å². The topological polar surface area (TPSA) is 128 Å². The maximum atomic E-state index is 12.2. The summed E-state index contributed by atoms with van der Waals surface area (Å²) in [6.45, 7) is -0.405. The summed E-state index contributed by atoms with van der Waals surface area (Å²) in [6.07, 6.45) is 0. The van der Waals surface area contributed by atoms with Gasteiger partial charge < -0.3 is 20.5 Å². The van der Waals surface area contributed by atoms with E-state index >= 15 is 0 Å². The van der Waals surface area contributed by atoms with Crippen molar-refractivity contribution in [2.75, 3.05) is 33.1 Å². The van der Waals surface area contributed by atoms with Crippen molar-refractivity contribution >= 4 is 27.5 Å². The van der Waals surface area contributed by atoms with Gasteiger partial charge in [0.15, 0.2) is 6.61 Å². The van der Waals surface area contributed by atoms with E-state index in [-0.39, 0.29) is 16.2 Å². The smallest absolute Gasteiger partial charge is 0.262 e. The Morgan fingerprint density at radius 3 is 2.46 bits per heavy atom. The molecular weight excluding hydrogens is 386 g/mol. The first-order chi connectivity index (χ1) is 13.1. The number of nitrogens with one attached hydrogen (secondary N) is 1. The number of amides is 2. The minimum Gasteiger partial charge on any atom is -0.497 e. The number of primary amides is 1. The highest BCUT2D eigenvalue weighted by atomic mass is 32.2. The van der Waals surface area contributed by atoms with Gasteiger partial charge in [-0.3, -0.25) is 9.59 Å². The summed E-state index contributed by atoms with van der Waals surface area (Å²) in [5.74, 6) is -0.710. The highest BCUT2D eigenvalue weighted by molar-refractivity contribution is 7.89. The van der Waals surface area contributed by atoms with E-state index in [1.54, 1.807) is 12.1 Å². The van der Waals surface area contributed by atoms with Crippen molar-refractivity contribution in [1.29, 1.82) is 0 Å². The SMILES string of the molecule is COc1ccc(OCC(=O)Nc2cccc(S(=O)(=O)N(C)C)c2)c(C(N)=O)c1. The molecule has 0 bridgehead atoms. The number of nitrogens with two attached hydrogens (primary N) is 1. The zero-order chi connectivity index (χ0) is 20.9. The van der Waals surface area contributed by atoms with Crippen LogP contribution in [0.5, 0.6) is 11.5 Å². The fraction of sp³-hybridized carbons (Fsp3) is 0.222. The average Bonchev–Trinajstić information content (AvgIpc) is 2.66. The molecule has 0 aromatic heterocycles. The standard InChI is InChI=1S/C18H21N3O6S/c1-21(2)28(24,25)14-6-4-5-12(9-14)20-17(22)11-27-16-8-7-13(26-3)10-15(16)18(19)23/h4-10H,11H2,1-3H3,(H2,19,23)(H,20,22). The average molecular weight is 407 g/mol. The molecule has 2 amide bonds. The Morgan fingerprint density at radius 1 is 1.14 bits per heavy atom. The van der Waals surface area contributed by atoms with E-state index in [2.05, 4.69) is 5.32 Å². The van der Waals surface area contributed by atoms with Gasteiger partial charge in [0.2, 0.25) is 10.0 Å². The van der Waals surface area contributed by atoms with Crippen LogP contribution in [0.25, 0.3) is 0 Å². The van der Waals surface area contributed by atoms with Crippen molar-refractivity contribution in [3.05, 3.63) is 48.0 Å². The lowest BCUT2D eigenvalue weighted by Crippen LogP contribution is -2.23. The molecular formula is C18H21N3O6S. The van der Waals surface area contributed by atoms with Crippen LogP contribution >= 0.6 is 0 Å². The Hall–Kier alpha value is -3.11. The second-order valence-electron chi connectivity index (χ2n) is 5.88. The van der Waals surface area contributed by atoms with Crippen molar-refractivity contribution in [3.63, 3.8) is 0 Å². The van der Waals surface area contributed by atoms with Gasteiger partial charge in [0.25, 0.3) is 11.8 Å². The lowest BCUT2D eigenvalue weighted by Gasteiger charge is -2.13. The quantitative estimate of drug-likeness (QED) is 0.673. The minimum absolute atomic E-state index is 0.0439. The maximum Gasteiger partial charge on any atom is 0.262 e. The van der Waals surface area contributed by atoms with Crippen molar-refractivity contribution in [3.8, 4) is 11.5 Å². The van der Waals surface area contributed by atoms with Crippen molar-refractivity contribution in [2.24, 2.45) is 5.73 Å². The van der Waals surface area contributed by atoms with Crippen molar-refractivity contribution in [2.45, 2.75) is 4.90 Å². The van der Waals surface area contributed by atoms with Gasteiger partial charge in [-0.15, -0.1) is 0 Å². The molecule has 0 unspecified atom stereocenters. The lowest BCUT2D eigenvalue weighted by atomic mass is 10.2. The third-order valence-corrected chi connectivity index (χ3v) is 5.52. The molecule has 10 heteroatoms. The summed E-state index contributed by atoms with van der Waals surface area (Å²) >= 11 is 0. The monoisotopic (exact) mass is 407 g/mol. The molecule has 0 heterocycles. The number of hydrogen-bond donors (Lipinski definition) is 2. The zero-order valence-corrected chi connectivity index (χ0v) is 16.4. The summed E-state index contributed by atoms with van der Waals surface area (Å²) in [4.78, 5) is 23.7. The zero-order valence-electron chi connectivity index (χ0n) is 15.6. The Bertz CT molecular complexity index is 989. The predicted molar refractivity (Wildman–Crippen MR) is 103 cm³/mol. The first-order valence-corrected chi connectivity index (χ1v) is 9.52. The Labute approximate surface area is 163 Å². The van der Waals surface area contributed by atoms with Gasteiger partial charge in [-0.05, 0) is 36.4 Å². The molecule has 0 saturated heterocycles. The molecule has 9 nitrogen and oxygen atoms in total. The fourth-order valence-electron chi connectivity index (χ4n) is 2.24. The Kier molecular flexibility index (Phi) is 6.60. The van der Waals surface area contributed by atoms with Crippen molar-refractivity contribution in [1.82, 2.24) is 4.31 Å². The number of ether oxygens (including phenoxy) is 2. The number of carbonyl (C=O) groups is 2. The largest absolute Gasteiger partial charge is 0.497 e. The van der Waals surface area contributed by atoms with E-state index in [4.69, 9.17) is 15.2 Å². The Morgan fingerprint density at radius 2 is 1.86 bits per heavy atom. The third kappa shape index (κ3) is 4.99. The number of sulfonamides is 1. The highest BCUT2D eigenvalue weighted by Crippen LogP contribution is 2.24. The molecule has 0 aliphatic rings. The summed E-state index contributed by atoms with van der Waals surface area (Å²) < 4.78 is 35.8. The summed E-state index contributed by atoms with van der Waals surface area (Å²) in [5.41, 5.74) is 5.68. The summed E-state index contributed by atoms with van der Waals surface area (Å²) in [7, 11) is 0.651. The number of rotatable bonds is 8. The van der Waals surface area contributed by atoms with E-state index in [1.165, 1.54) is 51.5 Å². The van der Waals surface area contributed by atoms with Gasteiger partial charge in [-0.2, -0.15) is 0 Å². The fourth-order valence-corrected chi connectivity index (χ4v) is 3.19. The minimum atomic E-state index is -3.62. The normalized spacial score (nSPS) is 11.1. The second kappa shape index (κ2) is 8.72. The van der Waals surface area contributed by atoms with Crippen LogP contribution in [0.2, 0.25) is 0 Å². The molecule has 0 radical (unpaired) electrons. The number of hydrogen-bond acceptors (Lipinski definition) is 6. The number of nitrogens with zero attached hydrogens (tertiary/aromatic N) is 1. The molecule has 2 aromatic rings. The van der Waals surface area contributed by atoms with E-state index in [0.717, 1.165) is 4.31 Å². The van der Waals surface area contributed by atoms with Crippen LogP contribution in [0.1, 0.15) is 10.4 Å². The molecule has 0 atom stereocenters. The van der Waals surface area contributed by atoms with Crippen LogP contribution < -0.4 is 20.5 Å². The van der Waals surface area contributed by atoms with E-state index < -0.39 is 28.4 Å². The van der Waals surface area contributed by atoms with Gasteiger partial charge in [0.1, 0.15) is 11.5 Å². The van der Waals surface area contributed by atoms with E-state index in [0.29, 0.717) is 11.4 Å². The van der Waals surface area contributed by atoms with Crippen LogP contribution in [0, 0.1) is 0 Å². The molecule has 0 fully saturated rings. The molecule has 150 valence electrons. The van der Waals surface area contributed by atoms with Gasteiger partial charge in [0, 0.05) is 19.8 Å². The molecule has 0 saturated carbocycles. The number of anilines is 1. The lowest BCUT2D eigenvalue weighted by molar-refractivity contribution is -0.118. The highest BCUT2D eigenvalue weighted by Gasteiger charge is 2.18. The Balaban J connectivity index is 2.09.